The van der Waals surface area contributed by atoms with E-state index in [9.17, 15) is 20.1 Å². The second kappa shape index (κ2) is 12.6. The number of carboxylic acids is 1. The van der Waals surface area contributed by atoms with E-state index in [1.54, 1.807) is 13.8 Å². The number of hydrogen-bond acceptors (Lipinski definition) is 9. The topological polar surface area (TPSA) is 133 Å². The molecule has 3 N–H and O–H groups in total. The summed E-state index contributed by atoms with van der Waals surface area (Å²) in [6.45, 7) is 18.0. The Morgan fingerprint density at radius 2 is 1.62 bits per heavy atom. The summed E-state index contributed by atoms with van der Waals surface area (Å²) in [5.41, 5.74) is -1.11. The zero-order valence-electron chi connectivity index (χ0n) is 29.2. The first-order chi connectivity index (χ1) is 20.9. The molecule has 5 rings (SSSR count). The van der Waals surface area contributed by atoms with Gasteiger partial charge in [0.1, 0.15) is 0 Å². The predicted molar refractivity (Wildman–Crippen MR) is 166 cm³/mol. The van der Waals surface area contributed by atoms with Crippen LogP contribution in [0.25, 0.3) is 0 Å². The number of aliphatic carboxylic acids is 1. The summed E-state index contributed by atoms with van der Waals surface area (Å²) in [5.74, 6) is -3.64. The molecular weight excluding hydrogens is 580 g/mol. The van der Waals surface area contributed by atoms with Crippen molar-refractivity contribution >= 4 is 5.97 Å². The van der Waals surface area contributed by atoms with E-state index < -0.39 is 53.0 Å². The smallest absolute Gasteiger partial charge is 0.308 e. The van der Waals surface area contributed by atoms with E-state index in [4.69, 9.17) is 28.4 Å². The molecule has 5 aliphatic rings. The number of ether oxygens (including phenoxy) is 6. The van der Waals surface area contributed by atoms with Gasteiger partial charge in [0.05, 0.1) is 59.8 Å². The minimum Gasteiger partial charge on any atom is -0.481 e. The van der Waals surface area contributed by atoms with Crippen molar-refractivity contribution in [2.75, 3.05) is 7.11 Å². The summed E-state index contributed by atoms with van der Waals surface area (Å²) in [6, 6.07) is 0. The largest absolute Gasteiger partial charge is 0.481 e. The number of rotatable bonds is 8. The maximum Gasteiger partial charge on any atom is 0.308 e. The highest BCUT2D eigenvalue weighted by atomic mass is 16.7. The normalized spacial score (nSPS) is 52.6. The maximum absolute atomic E-state index is 11.8. The summed E-state index contributed by atoms with van der Waals surface area (Å²) in [4.78, 5) is 11.8. The molecule has 260 valence electrons. The maximum atomic E-state index is 11.8. The van der Waals surface area contributed by atoms with Crippen LogP contribution in [0.4, 0.5) is 0 Å². The molecule has 0 aromatic carbocycles. The second-order valence-electron chi connectivity index (χ2n) is 16.2. The average molecular weight is 641 g/mol. The highest BCUT2D eigenvalue weighted by Crippen LogP contribution is 2.54. The summed E-state index contributed by atoms with van der Waals surface area (Å²) >= 11 is 0. The van der Waals surface area contributed by atoms with Crippen molar-refractivity contribution in [1.82, 2.24) is 0 Å². The first kappa shape index (κ1) is 35.5. The number of aliphatic hydroxyl groups excluding tert-OH is 1. The molecule has 0 amide bonds. The van der Waals surface area contributed by atoms with Crippen LogP contribution >= 0.6 is 0 Å². The van der Waals surface area contributed by atoms with E-state index in [2.05, 4.69) is 27.7 Å². The number of carbonyl (C=O) groups is 1. The van der Waals surface area contributed by atoms with Crippen molar-refractivity contribution in [3.8, 4) is 0 Å². The molecule has 0 aromatic heterocycles. The number of aliphatic hydroxyl groups is 2. The van der Waals surface area contributed by atoms with Crippen molar-refractivity contribution < 1.29 is 48.5 Å². The first-order valence-electron chi connectivity index (χ1n) is 17.4. The Balaban J connectivity index is 1.26. The Kier molecular flexibility index (Phi) is 9.89. The number of hydrogen-bond donors (Lipinski definition) is 3. The van der Waals surface area contributed by atoms with Gasteiger partial charge in [0.25, 0.3) is 0 Å². The third-order valence-corrected chi connectivity index (χ3v) is 12.6. The molecule has 0 aliphatic carbocycles. The van der Waals surface area contributed by atoms with Crippen LogP contribution in [0, 0.1) is 35.5 Å². The molecule has 0 radical (unpaired) electrons. The van der Waals surface area contributed by atoms with E-state index in [1.807, 2.05) is 20.8 Å². The first-order valence-corrected chi connectivity index (χ1v) is 17.4. The van der Waals surface area contributed by atoms with E-state index >= 15 is 0 Å². The van der Waals surface area contributed by atoms with Crippen LogP contribution in [0.3, 0.4) is 0 Å². The summed E-state index contributed by atoms with van der Waals surface area (Å²) < 4.78 is 39.2. The van der Waals surface area contributed by atoms with Crippen molar-refractivity contribution in [3.05, 3.63) is 0 Å². The van der Waals surface area contributed by atoms with Gasteiger partial charge in [-0.2, -0.15) is 0 Å². The van der Waals surface area contributed by atoms with Crippen LogP contribution in [0.15, 0.2) is 0 Å². The van der Waals surface area contributed by atoms with E-state index in [0.717, 1.165) is 32.1 Å². The quantitative estimate of drug-likeness (QED) is 0.336. The number of carboxylic acid groups (broad SMARTS) is 1. The standard InChI is InChI=1S/C35H60O10/c1-18-15-20(3)34(9,39)43-27(18)25-16-19(2)30(41-25)33(8)12-11-26(42-33)32(7)13-14-35(45-32)17-24(36)21(4)29(44-35)22(5)28(40-10)23(6)31(37)38/h18-30,36,39H,11-17H2,1-10H3,(H,37,38)/t18-,19-,20+,21+,22-,23-,24-,25+,26+,27-,28+,29-,30+,32-,33-,34-,35+/m0/s1. The van der Waals surface area contributed by atoms with Gasteiger partial charge in [-0.3, -0.25) is 4.79 Å². The lowest BCUT2D eigenvalue weighted by Crippen LogP contribution is -2.56. The third kappa shape index (κ3) is 6.48. The second-order valence-corrected chi connectivity index (χ2v) is 16.2. The Bertz CT molecular complexity index is 1070. The van der Waals surface area contributed by atoms with Gasteiger partial charge in [0, 0.05) is 37.7 Å². The lowest BCUT2D eigenvalue weighted by atomic mass is 9.78. The van der Waals surface area contributed by atoms with Gasteiger partial charge in [0.2, 0.25) is 0 Å². The Hall–Kier alpha value is -0.850. The van der Waals surface area contributed by atoms with Crippen LogP contribution in [0.2, 0.25) is 0 Å². The molecule has 5 fully saturated rings. The Morgan fingerprint density at radius 3 is 2.27 bits per heavy atom. The van der Waals surface area contributed by atoms with Gasteiger partial charge in [-0.15, -0.1) is 0 Å². The molecule has 0 unspecified atom stereocenters. The van der Waals surface area contributed by atoms with Crippen LogP contribution < -0.4 is 0 Å². The fourth-order valence-corrected chi connectivity index (χ4v) is 9.52. The van der Waals surface area contributed by atoms with Gasteiger partial charge in [-0.25, -0.2) is 0 Å². The fourth-order valence-electron chi connectivity index (χ4n) is 9.52. The monoisotopic (exact) mass is 640 g/mol. The Labute approximate surface area is 269 Å². The predicted octanol–water partition coefficient (Wildman–Crippen LogP) is 4.91. The van der Waals surface area contributed by atoms with Gasteiger partial charge in [-0.1, -0.05) is 34.6 Å². The lowest BCUT2D eigenvalue weighted by molar-refractivity contribution is -0.335. The molecule has 0 aromatic rings. The highest BCUT2D eigenvalue weighted by Gasteiger charge is 2.61. The molecule has 0 saturated carbocycles. The number of methoxy groups -OCH3 is 1. The fraction of sp³-hybridized carbons (Fsp3) is 0.971. The Morgan fingerprint density at radius 1 is 0.933 bits per heavy atom. The molecule has 5 heterocycles. The zero-order chi connectivity index (χ0) is 33.3. The average Bonchev–Trinajstić information content (AvgIpc) is 3.65. The van der Waals surface area contributed by atoms with Crippen LogP contribution in [0.5, 0.6) is 0 Å². The molecule has 10 heteroatoms. The lowest BCUT2D eigenvalue weighted by Gasteiger charge is -2.48. The summed E-state index contributed by atoms with van der Waals surface area (Å²) in [7, 11) is 1.53. The minimum absolute atomic E-state index is 0.0657. The van der Waals surface area contributed by atoms with E-state index in [0.29, 0.717) is 12.8 Å². The molecule has 45 heavy (non-hydrogen) atoms. The minimum atomic E-state index is -1.16. The summed E-state index contributed by atoms with van der Waals surface area (Å²) in [6.07, 6.45) is 2.91. The molecule has 5 saturated heterocycles. The highest BCUT2D eigenvalue weighted by molar-refractivity contribution is 5.70. The van der Waals surface area contributed by atoms with Crippen LogP contribution in [0.1, 0.15) is 107 Å². The van der Waals surface area contributed by atoms with E-state index in [1.165, 1.54) is 7.11 Å². The van der Waals surface area contributed by atoms with Crippen molar-refractivity contribution in [2.45, 2.75) is 173 Å². The van der Waals surface area contributed by atoms with Gasteiger partial charge >= 0.3 is 5.97 Å². The van der Waals surface area contributed by atoms with Crippen molar-refractivity contribution in [2.24, 2.45) is 35.5 Å². The van der Waals surface area contributed by atoms with E-state index in [-0.39, 0.29) is 54.0 Å². The van der Waals surface area contributed by atoms with Crippen LogP contribution in [-0.4, -0.2) is 93.9 Å². The van der Waals surface area contributed by atoms with Gasteiger partial charge in [-0.05, 0) is 71.6 Å². The third-order valence-electron chi connectivity index (χ3n) is 12.6. The summed E-state index contributed by atoms with van der Waals surface area (Å²) in [5, 5.41) is 31.8. The SMILES string of the molecule is CO[C@H]([C@H](C)[C@H]1O[C@@]2(CC[C@@](C)([C@H]3CC[C@@](C)([C@@H]4O[C@@H]([C@H]5O[C@](C)(O)[C@H](C)C[C@@H]5C)C[C@@H]4C)O3)O2)C[C@H](O)[C@H]1C)[C@H](C)C(=O)O. The molecule has 17 atom stereocenters. The molecule has 0 bridgehead atoms. The van der Waals surface area contributed by atoms with Gasteiger partial charge in [0.15, 0.2) is 11.6 Å². The van der Waals surface area contributed by atoms with Crippen molar-refractivity contribution in [1.29, 1.82) is 0 Å². The molecule has 5 aliphatic heterocycles. The van der Waals surface area contributed by atoms with Gasteiger partial charge < -0.3 is 43.7 Å². The van der Waals surface area contributed by atoms with Crippen LogP contribution in [-0.2, 0) is 33.2 Å². The molecular formula is C35H60O10. The molecule has 1 spiro atoms. The zero-order valence-corrected chi connectivity index (χ0v) is 29.2. The van der Waals surface area contributed by atoms with Crippen molar-refractivity contribution in [3.63, 3.8) is 0 Å². The molecule has 10 nitrogen and oxygen atoms in total.